The van der Waals surface area contributed by atoms with Gasteiger partial charge in [0, 0.05) is 18.7 Å². The minimum Gasteiger partial charge on any atom is -0.327 e. The minimum absolute atomic E-state index is 0.0353. The van der Waals surface area contributed by atoms with Crippen LogP contribution in [-0.4, -0.2) is 41.5 Å². The molecule has 1 amide bonds. The fraction of sp³-hybridized carbons (Fsp3) is 0.353. The molecule has 128 valence electrons. The largest absolute Gasteiger partial charge is 0.327 e. The number of hydrogen-bond donors (Lipinski definition) is 0. The average Bonchev–Trinajstić information content (AvgIpc) is 3.21. The number of carbonyl (C=O) groups excluding carboxylic acids is 1. The highest BCUT2D eigenvalue weighted by atomic mass is 32.1. The number of benzene rings is 1. The van der Waals surface area contributed by atoms with E-state index in [1.54, 1.807) is 0 Å². The predicted molar refractivity (Wildman–Crippen MR) is 94.3 cm³/mol. The summed E-state index contributed by atoms with van der Waals surface area (Å²) in [5.41, 5.74) is 1.72. The Labute approximate surface area is 149 Å². The van der Waals surface area contributed by atoms with Crippen molar-refractivity contribution in [3.8, 4) is 10.8 Å². The van der Waals surface area contributed by atoms with Crippen LogP contribution >= 0.6 is 11.5 Å². The maximum absolute atomic E-state index is 13.0. The van der Waals surface area contributed by atoms with Crippen molar-refractivity contribution >= 4 is 17.4 Å². The highest BCUT2D eigenvalue weighted by molar-refractivity contribution is 7.09. The van der Waals surface area contributed by atoms with E-state index in [1.165, 1.54) is 11.5 Å². The fourth-order valence-electron chi connectivity index (χ4n) is 3.18. The third kappa shape index (κ3) is 2.62. The molecule has 0 saturated heterocycles. The monoisotopic (exact) mass is 354 g/mol. The number of nitrogens with zero attached hydrogens (tertiary/aromatic N) is 6. The lowest BCUT2D eigenvalue weighted by Gasteiger charge is -2.34. The van der Waals surface area contributed by atoms with Crippen LogP contribution in [0.3, 0.4) is 0 Å². The maximum atomic E-state index is 13.0. The molecular formula is C17H18N6OS. The van der Waals surface area contributed by atoms with E-state index in [0.717, 1.165) is 33.6 Å². The van der Waals surface area contributed by atoms with E-state index in [9.17, 15) is 4.79 Å². The molecule has 0 fully saturated rings. The molecule has 25 heavy (non-hydrogen) atoms. The molecule has 1 atom stereocenters. The quantitative estimate of drug-likeness (QED) is 0.707. The van der Waals surface area contributed by atoms with Crippen LogP contribution in [0.4, 0.5) is 0 Å². The highest BCUT2D eigenvalue weighted by Crippen LogP contribution is 2.30. The molecule has 0 aliphatic carbocycles. The molecule has 2 aromatic heterocycles. The lowest BCUT2D eigenvalue weighted by molar-refractivity contribution is 0.0637. The Kier molecular flexibility index (Phi) is 3.84. The molecule has 0 saturated carbocycles. The minimum atomic E-state index is -0.142. The van der Waals surface area contributed by atoms with Crippen molar-refractivity contribution in [1.82, 2.24) is 29.0 Å². The Morgan fingerprint density at radius 2 is 2.00 bits per heavy atom. The molecule has 4 rings (SSSR count). The van der Waals surface area contributed by atoms with E-state index in [4.69, 9.17) is 0 Å². The molecule has 0 bridgehead atoms. The number of aryl methyl sites for hydroxylation is 2. The van der Waals surface area contributed by atoms with Crippen LogP contribution in [0, 0.1) is 13.8 Å². The van der Waals surface area contributed by atoms with Crippen LogP contribution in [-0.2, 0) is 6.54 Å². The van der Waals surface area contributed by atoms with Crippen LogP contribution in [0.25, 0.3) is 10.8 Å². The van der Waals surface area contributed by atoms with Gasteiger partial charge in [-0.3, -0.25) is 4.79 Å². The molecule has 1 aliphatic rings. The zero-order valence-electron chi connectivity index (χ0n) is 14.3. The maximum Gasteiger partial charge on any atom is 0.254 e. The highest BCUT2D eigenvalue weighted by Gasteiger charge is 2.33. The Morgan fingerprint density at radius 3 is 2.72 bits per heavy atom. The molecule has 7 nitrogen and oxygen atoms in total. The normalized spacial score (nSPS) is 16.8. The molecule has 8 heteroatoms. The summed E-state index contributed by atoms with van der Waals surface area (Å²) in [5.74, 6) is 2.29. The SMILES string of the molecule is Cc1nsc(-c2nnc3n2CCN(C(=O)c2ccccc2C)C3C)n1. The topological polar surface area (TPSA) is 76.8 Å². The summed E-state index contributed by atoms with van der Waals surface area (Å²) in [6, 6.07) is 7.53. The number of carbonyl (C=O) groups is 1. The van der Waals surface area contributed by atoms with Crippen LogP contribution in [0.1, 0.15) is 40.5 Å². The molecule has 1 aromatic carbocycles. The zero-order valence-corrected chi connectivity index (χ0v) is 15.1. The number of aromatic nitrogens is 5. The summed E-state index contributed by atoms with van der Waals surface area (Å²) in [5, 5.41) is 9.39. The van der Waals surface area contributed by atoms with E-state index in [-0.39, 0.29) is 11.9 Å². The van der Waals surface area contributed by atoms with Gasteiger partial charge in [0.05, 0.1) is 6.04 Å². The second kappa shape index (κ2) is 6.03. The Bertz CT molecular complexity index is 946. The van der Waals surface area contributed by atoms with E-state index in [1.807, 2.05) is 54.5 Å². The zero-order chi connectivity index (χ0) is 17.6. The molecule has 3 aromatic rings. The van der Waals surface area contributed by atoms with Crippen molar-refractivity contribution in [2.45, 2.75) is 33.4 Å². The number of amides is 1. The van der Waals surface area contributed by atoms with Crippen molar-refractivity contribution < 1.29 is 4.79 Å². The van der Waals surface area contributed by atoms with E-state index >= 15 is 0 Å². The standard InChI is InChI=1S/C17H18N6OS/c1-10-6-4-5-7-13(10)17(24)22-8-9-23-14(11(22)2)19-20-15(23)16-18-12(3)21-25-16/h4-7,11H,8-9H2,1-3H3. The molecular weight excluding hydrogens is 336 g/mol. The lowest BCUT2D eigenvalue weighted by Crippen LogP contribution is -2.41. The van der Waals surface area contributed by atoms with Crippen molar-refractivity contribution in [3.63, 3.8) is 0 Å². The first-order chi connectivity index (χ1) is 12.1. The van der Waals surface area contributed by atoms with Gasteiger partial charge in [0.2, 0.25) is 0 Å². The summed E-state index contributed by atoms with van der Waals surface area (Å²) in [6.45, 7) is 7.08. The lowest BCUT2D eigenvalue weighted by atomic mass is 10.1. The second-order valence-corrected chi connectivity index (χ2v) is 6.92. The van der Waals surface area contributed by atoms with E-state index in [0.29, 0.717) is 13.1 Å². The molecule has 0 spiro atoms. The first-order valence-corrected chi connectivity index (χ1v) is 8.94. The average molecular weight is 354 g/mol. The Hall–Kier alpha value is -2.61. The Balaban J connectivity index is 1.66. The van der Waals surface area contributed by atoms with Gasteiger partial charge in [-0.05, 0) is 43.9 Å². The van der Waals surface area contributed by atoms with Crippen molar-refractivity contribution in [2.24, 2.45) is 0 Å². The van der Waals surface area contributed by atoms with Gasteiger partial charge in [0.15, 0.2) is 16.7 Å². The second-order valence-electron chi connectivity index (χ2n) is 6.17. The van der Waals surface area contributed by atoms with Crippen LogP contribution in [0.2, 0.25) is 0 Å². The molecule has 0 radical (unpaired) electrons. The smallest absolute Gasteiger partial charge is 0.254 e. The summed E-state index contributed by atoms with van der Waals surface area (Å²) < 4.78 is 6.27. The first-order valence-electron chi connectivity index (χ1n) is 8.16. The summed E-state index contributed by atoms with van der Waals surface area (Å²) in [7, 11) is 0. The van der Waals surface area contributed by atoms with Gasteiger partial charge in [0.1, 0.15) is 5.82 Å². The van der Waals surface area contributed by atoms with E-state index in [2.05, 4.69) is 19.6 Å². The number of fused-ring (bicyclic) bond motifs is 1. The van der Waals surface area contributed by atoms with Crippen LogP contribution in [0.15, 0.2) is 24.3 Å². The molecule has 1 aliphatic heterocycles. The Morgan fingerprint density at radius 1 is 1.20 bits per heavy atom. The molecule has 1 unspecified atom stereocenters. The van der Waals surface area contributed by atoms with Crippen LogP contribution in [0.5, 0.6) is 0 Å². The van der Waals surface area contributed by atoms with E-state index < -0.39 is 0 Å². The predicted octanol–water partition coefficient (Wildman–Crippen LogP) is 2.63. The third-order valence-corrected chi connectivity index (χ3v) is 5.34. The first kappa shape index (κ1) is 15.9. The van der Waals surface area contributed by atoms with Gasteiger partial charge >= 0.3 is 0 Å². The summed E-state index contributed by atoms with van der Waals surface area (Å²) >= 11 is 1.32. The molecule has 3 heterocycles. The summed E-state index contributed by atoms with van der Waals surface area (Å²) in [6.07, 6.45) is 0. The van der Waals surface area contributed by atoms with Gasteiger partial charge in [-0.2, -0.15) is 4.37 Å². The molecule has 0 N–H and O–H groups in total. The van der Waals surface area contributed by atoms with Gasteiger partial charge in [-0.1, -0.05) is 18.2 Å². The van der Waals surface area contributed by atoms with Crippen molar-refractivity contribution in [2.75, 3.05) is 6.54 Å². The van der Waals surface area contributed by atoms with Gasteiger partial charge < -0.3 is 9.47 Å². The third-order valence-electron chi connectivity index (χ3n) is 4.54. The summed E-state index contributed by atoms with van der Waals surface area (Å²) in [4.78, 5) is 19.2. The van der Waals surface area contributed by atoms with Gasteiger partial charge in [-0.25, -0.2) is 4.98 Å². The number of rotatable bonds is 2. The van der Waals surface area contributed by atoms with Gasteiger partial charge in [-0.15, -0.1) is 10.2 Å². The number of hydrogen-bond acceptors (Lipinski definition) is 6. The van der Waals surface area contributed by atoms with Crippen molar-refractivity contribution in [3.05, 3.63) is 47.0 Å². The van der Waals surface area contributed by atoms with Crippen LogP contribution < -0.4 is 0 Å². The fourth-order valence-corrected chi connectivity index (χ4v) is 3.84. The van der Waals surface area contributed by atoms with Crippen molar-refractivity contribution in [1.29, 1.82) is 0 Å². The van der Waals surface area contributed by atoms with Gasteiger partial charge in [0.25, 0.3) is 5.91 Å².